The molecule has 0 unspecified atom stereocenters. The molecule has 2 aromatic rings. The third kappa shape index (κ3) is 3.46. The predicted molar refractivity (Wildman–Crippen MR) is 100 cm³/mol. The molecule has 134 valence electrons. The maximum Gasteiger partial charge on any atom is 0.349 e. The van der Waals surface area contributed by atoms with Gasteiger partial charge in [0.2, 0.25) is 0 Å². The Balaban J connectivity index is 0.00000225. The number of nitriles is 1. The molecule has 0 bridgehead atoms. The summed E-state index contributed by atoms with van der Waals surface area (Å²) in [7, 11) is 1.68. The summed E-state index contributed by atoms with van der Waals surface area (Å²) in [4.78, 5) is 23.2. The van der Waals surface area contributed by atoms with E-state index in [2.05, 4.69) is 40.1 Å². The van der Waals surface area contributed by atoms with Gasteiger partial charge in [0.1, 0.15) is 17.3 Å². The molecule has 1 saturated heterocycles. The fraction of sp³-hybridized carbons (Fsp3) is 0.529. The zero-order valence-corrected chi connectivity index (χ0v) is 15.5. The van der Waals surface area contributed by atoms with E-state index in [4.69, 9.17) is 0 Å². The van der Waals surface area contributed by atoms with Crippen molar-refractivity contribution < 1.29 is 0 Å². The van der Waals surface area contributed by atoms with Crippen molar-refractivity contribution in [3.63, 3.8) is 0 Å². The first-order chi connectivity index (χ1) is 11.6. The van der Waals surface area contributed by atoms with Crippen LogP contribution < -0.4 is 15.9 Å². The molecule has 0 spiro atoms. The molecule has 0 saturated carbocycles. The number of aryl methyl sites for hydroxylation is 1. The second kappa shape index (κ2) is 7.81. The Morgan fingerprint density at radius 3 is 2.72 bits per heavy atom. The third-order valence-corrected chi connectivity index (χ3v) is 4.79. The maximum atomic E-state index is 12.3. The molecule has 2 atom stereocenters. The molecule has 0 aromatic carbocycles. The van der Waals surface area contributed by atoms with Gasteiger partial charge in [0, 0.05) is 32.2 Å². The molecule has 0 aliphatic carbocycles. The van der Waals surface area contributed by atoms with Crippen molar-refractivity contribution in [1.82, 2.24) is 19.9 Å². The van der Waals surface area contributed by atoms with E-state index in [0.717, 1.165) is 25.9 Å². The highest BCUT2D eigenvalue weighted by Gasteiger charge is 2.29. The van der Waals surface area contributed by atoms with Gasteiger partial charge in [0.15, 0.2) is 5.82 Å². The van der Waals surface area contributed by atoms with Gasteiger partial charge in [-0.3, -0.25) is 4.57 Å². The highest BCUT2D eigenvalue weighted by molar-refractivity contribution is 5.86. The Morgan fingerprint density at radius 1 is 1.32 bits per heavy atom. The molecule has 1 aliphatic heterocycles. The quantitative estimate of drug-likeness (QED) is 0.892. The molecule has 8 heteroatoms. The summed E-state index contributed by atoms with van der Waals surface area (Å²) in [6.45, 7) is 5.90. The first-order valence-electron chi connectivity index (χ1n) is 8.36. The molecular formula is C17H23ClN6O. The number of halogens is 1. The van der Waals surface area contributed by atoms with Crippen LogP contribution >= 0.6 is 12.4 Å². The molecule has 0 radical (unpaired) electrons. The first-order valence-corrected chi connectivity index (χ1v) is 8.36. The molecule has 7 nitrogen and oxygen atoms in total. The maximum absolute atomic E-state index is 12.3. The topological polar surface area (TPSA) is 86.8 Å². The molecule has 2 aromatic heterocycles. The van der Waals surface area contributed by atoms with E-state index in [1.165, 1.54) is 4.57 Å². The number of fused-ring (bicyclic) bond motifs is 1. The fourth-order valence-corrected chi connectivity index (χ4v) is 3.23. The predicted octanol–water partition coefficient (Wildman–Crippen LogP) is 1.59. The van der Waals surface area contributed by atoms with Crippen molar-refractivity contribution in [2.45, 2.75) is 38.8 Å². The van der Waals surface area contributed by atoms with Crippen LogP contribution in [-0.2, 0) is 7.05 Å². The Labute approximate surface area is 153 Å². The number of nitrogens with one attached hydrogen (secondary N) is 1. The van der Waals surface area contributed by atoms with Gasteiger partial charge in [-0.05, 0) is 25.0 Å². The summed E-state index contributed by atoms with van der Waals surface area (Å²) < 4.78 is 1.48. The largest absolute Gasteiger partial charge is 0.349 e. The van der Waals surface area contributed by atoms with E-state index in [1.54, 1.807) is 19.2 Å². The lowest BCUT2D eigenvalue weighted by atomic mass is 10.0. The molecule has 1 fully saturated rings. The van der Waals surface area contributed by atoms with Crippen LogP contribution in [0.25, 0.3) is 11.0 Å². The monoisotopic (exact) mass is 362 g/mol. The average Bonchev–Trinajstić information content (AvgIpc) is 2.63. The van der Waals surface area contributed by atoms with Gasteiger partial charge in [-0.15, -0.1) is 12.4 Å². The molecule has 1 N–H and O–H groups in total. The molecular weight excluding hydrogens is 340 g/mol. The smallest absolute Gasteiger partial charge is 0.349 e. The van der Waals surface area contributed by atoms with Crippen molar-refractivity contribution in [3.8, 4) is 6.07 Å². The van der Waals surface area contributed by atoms with Crippen LogP contribution in [0.5, 0.6) is 0 Å². The number of piperazine rings is 1. The highest BCUT2D eigenvalue weighted by atomic mass is 35.5. The normalized spacial score (nSPS) is 20.2. The van der Waals surface area contributed by atoms with Crippen molar-refractivity contribution in [2.24, 2.45) is 7.05 Å². The highest BCUT2D eigenvalue weighted by Crippen LogP contribution is 2.26. The standard InChI is InChI=1S/C17H22N6O.ClH/c1-4-11-10-23(13(5-2)9-19-11)16-15-14(22(3)17(24)21-16)7-6-12(8-18)20-15;/h6-7,11,13,19H,4-5,9-10H2,1-3H3;1H/t11-,13+;/m1./s1. The number of hydrogen-bond donors (Lipinski definition) is 1. The minimum atomic E-state index is -0.301. The number of hydrogen-bond acceptors (Lipinski definition) is 6. The Hall–Kier alpha value is -2.17. The molecule has 25 heavy (non-hydrogen) atoms. The number of rotatable bonds is 3. The molecule has 3 heterocycles. The number of anilines is 1. The van der Waals surface area contributed by atoms with E-state index < -0.39 is 0 Å². The first kappa shape index (κ1) is 19.2. The van der Waals surface area contributed by atoms with Gasteiger partial charge in [0.05, 0.1) is 5.52 Å². The summed E-state index contributed by atoms with van der Waals surface area (Å²) in [6, 6.07) is 6.08. The van der Waals surface area contributed by atoms with E-state index in [0.29, 0.717) is 28.6 Å². The lowest BCUT2D eigenvalue weighted by Crippen LogP contribution is -2.57. The minimum absolute atomic E-state index is 0. The van der Waals surface area contributed by atoms with E-state index >= 15 is 0 Å². The molecule has 1 aliphatic rings. The van der Waals surface area contributed by atoms with E-state index in [-0.39, 0.29) is 24.1 Å². The fourth-order valence-electron chi connectivity index (χ4n) is 3.23. The van der Waals surface area contributed by atoms with Crippen molar-refractivity contribution in [2.75, 3.05) is 18.0 Å². The molecule has 3 rings (SSSR count). The van der Waals surface area contributed by atoms with E-state index in [9.17, 15) is 10.1 Å². The summed E-state index contributed by atoms with van der Waals surface area (Å²) in [5, 5.41) is 12.7. The van der Waals surface area contributed by atoms with Crippen molar-refractivity contribution >= 4 is 29.3 Å². The van der Waals surface area contributed by atoms with Crippen LogP contribution in [0, 0.1) is 11.3 Å². The summed E-state index contributed by atoms with van der Waals surface area (Å²) in [6.07, 6.45) is 1.95. The van der Waals surface area contributed by atoms with Crippen LogP contribution in [0.2, 0.25) is 0 Å². The third-order valence-electron chi connectivity index (χ3n) is 4.79. The lowest BCUT2D eigenvalue weighted by Gasteiger charge is -2.40. The van der Waals surface area contributed by atoms with Crippen LogP contribution in [-0.4, -0.2) is 39.7 Å². The van der Waals surface area contributed by atoms with Gasteiger partial charge < -0.3 is 10.2 Å². The van der Waals surface area contributed by atoms with Crippen molar-refractivity contribution in [1.29, 1.82) is 5.26 Å². The van der Waals surface area contributed by atoms with Crippen LogP contribution in [0.15, 0.2) is 16.9 Å². The average molecular weight is 363 g/mol. The number of pyridine rings is 1. The van der Waals surface area contributed by atoms with Gasteiger partial charge in [0.25, 0.3) is 0 Å². The SMILES string of the molecule is CC[C@@H]1CN(c2nc(=O)n(C)c3ccc(C#N)nc23)[C@@H](CC)CN1.Cl. The lowest BCUT2D eigenvalue weighted by molar-refractivity contribution is 0.377. The summed E-state index contributed by atoms with van der Waals surface area (Å²) in [5.74, 6) is 0.594. The second-order valence-corrected chi connectivity index (χ2v) is 6.18. The van der Waals surface area contributed by atoms with E-state index in [1.807, 2.05) is 0 Å². The Morgan fingerprint density at radius 2 is 2.08 bits per heavy atom. The number of nitrogens with zero attached hydrogens (tertiary/aromatic N) is 5. The van der Waals surface area contributed by atoms with Crippen LogP contribution in [0.3, 0.4) is 0 Å². The van der Waals surface area contributed by atoms with Crippen molar-refractivity contribution in [3.05, 3.63) is 28.3 Å². The zero-order valence-electron chi connectivity index (χ0n) is 14.7. The Bertz CT molecular complexity index is 859. The zero-order chi connectivity index (χ0) is 17.3. The minimum Gasteiger partial charge on any atom is -0.349 e. The van der Waals surface area contributed by atoms with Gasteiger partial charge in [-0.1, -0.05) is 13.8 Å². The molecule has 0 amide bonds. The van der Waals surface area contributed by atoms with Crippen LogP contribution in [0.4, 0.5) is 5.82 Å². The van der Waals surface area contributed by atoms with Gasteiger partial charge in [-0.2, -0.15) is 10.2 Å². The second-order valence-electron chi connectivity index (χ2n) is 6.18. The van der Waals surface area contributed by atoms with Gasteiger partial charge in [-0.25, -0.2) is 9.78 Å². The number of aromatic nitrogens is 3. The summed E-state index contributed by atoms with van der Waals surface area (Å²) in [5.41, 5.74) is 1.35. The Kier molecular flexibility index (Phi) is 5.98. The van der Waals surface area contributed by atoms with Crippen LogP contribution in [0.1, 0.15) is 32.4 Å². The van der Waals surface area contributed by atoms with Gasteiger partial charge >= 0.3 is 5.69 Å². The summed E-state index contributed by atoms with van der Waals surface area (Å²) >= 11 is 0.